The standard InChI is InChI=1S/C24H29FN4/c1-15-10-16(12-21-26-13-19(29(15)21)23(2,3)4)11-18-22(24(5,6)7)28-14-17(25)8-9-20(28)27-18/h8-10,12-14H,11H2,1-7H3. The summed E-state index contributed by atoms with van der Waals surface area (Å²) in [5.74, 6) is -0.253. The van der Waals surface area contributed by atoms with E-state index in [2.05, 4.69) is 70.0 Å². The molecule has 4 aromatic heterocycles. The number of halogens is 1. The van der Waals surface area contributed by atoms with Crippen LogP contribution >= 0.6 is 0 Å². The van der Waals surface area contributed by atoms with Gasteiger partial charge in [-0.3, -0.25) is 0 Å². The van der Waals surface area contributed by atoms with E-state index in [1.165, 1.54) is 18.0 Å². The number of hydrogen-bond acceptors (Lipinski definition) is 2. The second-order valence-electron chi connectivity index (χ2n) is 10.0. The van der Waals surface area contributed by atoms with Crippen LogP contribution in [0.15, 0.2) is 36.7 Å². The Labute approximate surface area is 171 Å². The van der Waals surface area contributed by atoms with Crippen molar-refractivity contribution in [3.8, 4) is 0 Å². The first-order valence-electron chi connectivity index (χ1n) is 10.1. The molecule has 152 valence electrons. The molecule has 0 aliphatic heterocycles. The van der Waals surface area contributed by atoms with Crippen LogP contribution in [0.4, 0.5) is 4.39 Å². The first-order valence-corrected chi connectivity index (χ1v) is 10.1. The molecule has 0 N–H and O–H groups in total. The molecule has 4 rings (SSSR count). The van der Waals surface area contributed by atoms with Crippen molar-refractivity contribution in [2.24, 2.45) is 0 Å². The van der Waals surface area contributed by atoms with Crippen LogP contribution in [0.3, 0.4) is 0 Å². The summed E-state index contributed by atoms with van der Waals surface area (Å²) in [5, 5.41) is 0. The zero-order valence-electron chi connectivity index (χ0n) is 18.3. The maximum Gasteiger partial charge on any atom is 0.139 e. The van der Waals surface area contributed by atoms with Gasteiger partial charge >= 0.3 is 0 Å². The molecule has 0 bridgehead atoms. The highest BCUT2D eigenvalue weighted by atomic mass is 19.1. The Morgan fingerprint density at radius 3 is 2.34 bits per heavy atom. The van der Waals surface area contributed by atoms with Crippen LogP contribution in [-0.2, 0) is 17.3 Å². The summed E-state index contributed by atoms with van der Waals surface area (Å²) >= 11 is 0. The lowest BCUT2D eigenvalue weighted by Gasteiger charge is -2.21. The quantitative estimate of drug-likeness (QED) is 0.444. The maximum absolute atomic E-state index is 13.9. The number of rotatable bonds is 2. The molecule has 0 aliphatic carbocycles. The van der Waals surface area contributed by atoms with Crippen LogP contribution in [-0.4, -0.2) is 18.8 Å². The summed E-state index contributed by atoms with van der Waals surface area (Å²) in [6.07, 6.45) is 4.19. The Morgan fingerprint density at radius 2 is 1.69 bits per heavy atom. The molecule has 0 aliphatic rings. The number of aryl methyl sites for hydroxylation is 1. The van der Waals surface area contributed by atoms with Gasteiger partial charge in [-0.05, 0) is 36.8 Å². The Bertz CT molecular complexity index is 1220. The topological polar surface area (TPSA) is 34.6 Å². The minimum atomic E-state index is -0.253. The van der Waals surface area contributed by atoms with Crippen LogP contribution in [0.1, 0.15) is 69.9 Å². The van der Waals surface area contributed by atoms with Crippen molar-refractivity contribution in [2.75, 3.05) is 0 Å². The third-order valence-electron chi connectivity index (χ3n) is 5.36. The summed E-state index contributed by atoms with van der Waals surface area (Å²) in [6.45, 7) is 15.2. The number of hydrogen-bond donors (Lipinski definition) is 0. The Kier molecular flexibility index (Phi) is 4.34. The average Bonchev–Trinajstić information content (AvgIpc) is 3.15. The molecule has 5 heteroatoms. The number of nitrogens with zero attached hydrogens (tertiary/aromatic N) is 4. The summed E-state index contributed by atoms with van der Waals surface area (Å²) in [7, 11) is 0. The lowest BCUT2D eigenvalue weighted by atomic mass is 9.89. The highest BCUT2D eigenvalue weighted by Gasteiger charge is 2.25. The molecule has 0 amide bonds. The molecule has 0 fully saturated rings. The minimum Gasteiger partial charge on any atom is -0.301 e. The van der Waals surface area contributed by atoms with Gasteiger partial charge in [0.15, 0.2) is 0 Å². The summed E-state index contributed by atoms with van der Waals surface area (Å²) in [6, 6.07) is 7.56. The number of pyridine rings is 2. The molecule has 0 saturated heterocycles. The highest BCUT2D eigenvalue weighted by molar-refractivity contribution is 5.50. The third-order valence-corrected chi connectivity index (χ3v) is 5.36. The van der Waals surface area contributed by atoms with Gasteiger partial charge in [-0.1, -0.05) is 41.5 Å². The van der Waals surface area contributed by atoms with E-state index in [9.17, 15) is 4.39 Å². The number of aromatic nitrogens is 4. The van der Waals surface area contributed by atoms with Crippen molar-refractivity contribution in [3.05, 3.63) is 70.8 Å². The van der Waals surface area contributed by atoms with E-state index in [4.69, 9.17) is 4.98 Å². The Hall–Kier alpha value is -2.69. The molecule has 0 saturated carbocycles. The largest absolute Gasteiger partial charge is 0.301 e. The van der Waals surface area contributed by atoms with Crippen molar-refractivity contribution in [1.29, 1.82) is 0 Å². The Morgan fingerprint density at radius 1 is 0.966 bits per heavy atom. The van der Waals surface area contributed by atoms with Gasteiger partial charge in [-0.25, -0.2) is 14.4 Å². The molecule has 0 unspecified atom stereocenters. The molecule has 0 spiro atoms. The minimum absolute atomic E-state index is 0.0246. The smallest absolute Gasteiger partial charge is 0.139 e. The molecular weight excluding hydrogens is 363 g/mol. The van der Waals surface area contributed by atoms with E-state index < -0.39 is 0 Å². The number of imidazole rings is 2. The summed E-state index contributed by atoms with van der Waals surface area (Å²) in [5.41, 5.74) is 7.15. The average molecular weight is 393 g/mol. The van der Waals surface area contributed by atoms with Crippen molar-refractivity contribution in [2.45, 2.75) is 65.7 Å². The van der Waals surface area contributed by atoms with Gasteiger partial charge in [0.1, 0.15) is 17.1 Å². The SMILES string of the molecule is Cc1cc(Cc2nc3ccc(F)cn3c2C(C)(C)C)cc2ncc(C(C)(C)C)n12. The number of fused-ring (bicyclic) bond motifs is 2. The van der Waals surface area contributed by atoms with Crippen LogP contribution in [0, 0.1) is 12.7 Å². The fourth-order valence-electron chi connectivity index (χ4n) is 4.19. The van der Waals surface area contributed by atoms with Crippen molar-refractivity contribution >= 4 is 11.3 Å². The third kappa shape index (κ3) is 3.43. The molecule has 0 atom stereocenters. The predicted octanol–water partition coefficient (Wildman–Crippen LogP) is 5.62. The second kappa shape index (κ2) is 6.41. The fourth-order valence-corrected chi connectivity index (χ4v) is 4.19. The first-order chi connectivity index (χ1) is 13.4. The lowest BCUT2D eigenvalue weighted by molar-refractivity contribution is 0.550. The fraction of sp³-hybridized carbons (Fsp3) is 0.417. The zero-order chi connectivity index (χ0) is 21.1. The van der Waals surface area contributed by atoms with Gasteiger partial charge in [-0.15, -0.1) is 0 Å². The summed E-state index contributed by atoms with van der Waals surface area (Å²) < 4.78 is 18.0. The summed E-state index contributed by atoms with van der Waals surface area (Å²) in [4.78, 5) is 9.50. The molecule has 4 nitrogen and oxygen atoms in total. The first kappa shape index (κ1) is 19.6. The highest BCUT2D eigenvalue weighted by Crippen LogP contribution is 2.30. The second-order valence-corrected chi connectivity index (χ2v) is 10.0. The van der Waals surface area contributed by atoms with Crippen LogP contribution in [0.2, 0.25) is 0 Å². The Balaban J connectivity index is 1.84. The van der Waals surface area contributed by atoms with Gasteiger partial charge in [-0.2, -0.15) is 0 Å². The van der Waals surface area contributed by atoms with Crippen molar-refractivity contribution < 1.29 is 4.39 Å². The maximum atomic E-state index is 13.9. The molecule has 4 heterocycles. The van der Waals surface area contributed by atoms with Crippen molar-refractivity contribution in [3.63, 3.8) is 0 Å². The lowest BCUT2D eigenvalue weighted by Crippen LogP contribution is -2.17. The van der Waals surface area contributed by atoms with E-state index >= 15 is 0 Å². The molecule has 0 radical (unpaired) electrons. The van der Waals surface area contributed by atoms with E-state index in [0.717, 1.165) is 33.9 Å². The van der Waals surface area contributed by atoms with Gasteiger partial charge in [0.05, 0.1) is 11.4 Å². The van der Waals surface area contributed by atoms with Crippen LogP contribution < -0.4 is 0 Å². The van der Waals surface area contributed by atoms with Gasteiger partial charge in [0.2, 0.25) is 0 Å². The molecule has 29 heavy (non-hydrogen) atoms. The van der Waals surface area contributed by atoms with E-state index in [1.807, 2.05) is 10.6 Å². The van der Waals surface area contributed by atoms with E-state index in [1.54, 1.807) is 6.07 Å². The van der Waals surface area contributed by atoms with Crippen LogP contribution in [0.25, 0.3) is 11.3 Å². The van der Waals surface area contributed by atoms with E-state index in [-0.39, 0.29) is 16.6 Å². The van der Waals surface area contributed by atoms with Gasteiger partial charge in [0.25, 0.3) is 0 Å². The van der Waals surface area contributed by atoms with Gasteiger partial charge in [0, 0.05) is 41.0 Å². The van der Waals surface area contributed by atoms with Gasteiger partial charge < -0.3 is 8.80 Å². The molecular formula is C24H29FN4. The van der Waals surface area contributed by atoms with Crippen LogP contribution in [0.5, 0.6) is 0 Å². The zero-order valence-corrected chi connectivity index (χ0v) is 18.3. The van der Waals surface area contributed by atoms with Crippen molar-refractivity contribution in [1.82, 2.24) is 18.8 Å². The predicted molar refractivity (Wildman–Crippen MR) is 115 cm³/mol. The van der Waals surface area contributed by atoms with E-state index in [0.29, 0.717) is 6.42 Å². The monoisotopic (exact) mass is 392 g/mol. The normalized spacial score (nSPS) is 13.0. The molecule has 0 aromatic carbocycles. The molecule has 4 aromatic rings.